The minimum absolute atomic E-state index is 0.868. The standard InChI is InChI=1S/C14H26N2S/c1-11-14(6-8-17-11)16(13-4-5-13)10-12-3-2-7-15-9-12/h11-15H,2-10H2,1H3. The van der Waals surface area contributed by atoms with Crippen molar-refractivity contribution in [2.45, 2.75) is 56.4 Å². The molecule has 0 aromatic carbocycles. The summed E-state index contributed by atoms with van der Waals surface area (Å²) in [5.41, 5.74) is 0. The third-order valence-electron chi connectivity index (χ3n) is 4.65. The SMILES string of the molecule is CC1SCCC1N(CC1CCCNC1)C1CC1. The van der Waals surface area contributed by atoms with Gasteiger partial charge in [0.1, 0.15) is 0 Å². The molecule has 2 saturated heterocycles. The van der Waals surface area contributed by atoms with Gasteiger partial charge in [-0.3, -0.25) is 4.90 Å². The molecule has 3 aliphatic rings. The molecular weight excluding hydrogens is 228 g/mol. The van der Waals surface area contributed by atoms with Gasteiger partial charge >= 0.3 is 0 Å². The van der Waals surface area contributed by atoms with Gasteiger partial charge in [0.05, 0.1) is 0 Å². The minimum atomic E-state index is 0.868. The van der Waals surface area contributed by atoms with Crippen LogP contribution in [-0.2, 0) is 0 Å². The normalized spacial score (nSPS) is 38.8. The second-order valence-corrected chi connectivity index (χ2v) is 7.56. The average Bonchev–Trinajstić information content (AvgIpc) is 3.11. The van der Waals surface area contributed by atoms with Crippen molar-refractivity contribution < 1.29 is 0 Å². The van der Waals surface area contributed by atoms with Crippen LogP contribution in [-0.4, -0.2) is 47.6 Å². The summed E-state index contributed by atoms with van der Waals surface area (Å²) < 4.78 is 0. The number of hydrogen-bond donors (Lipinski definition) is 1. The number of rotatable bonds is 4. The fraction of sp³-hybridized carbons (Fsp3) is 1.00. The average molecular weight is 254 g/mol. The van der Waals surface area contributed by atoms with Crippen LogP contribution in [0.15, 0.2) is 0 Å². The second kappa shape index (κ2) is 5.50. The molecule has 17 heavy (non-hydrogen) atoms. The Morgan fingerprint density at radius 3 is 2.71 bits per heavy atom. The molecule has 3 rings (SSSR count). The summed E-state index contributed by atoms with van der Waals surface area (Å²) in [5, 5.41) is 4.44. The molecule has 1 N–H and O–H groups in total. The highest BCUT2D eigenvalue weighted by atomic mass is 32.2. The van der Waals surface area contributed by atoms with Gasteiger partial charge in [0.2, 0.25) is 0 Å². The Morgan fingerprint density at radius 2 is 2.12 bits per heavy atom. The molecule has 3 fully saturated rings. The predicted octanol–water partition coefficient (Wildman–Crippen LogP) is 2.34. The molecule has 0 bridgehead atoms. The molecule has 1 saturated carbocycles. The van der Waals surface area contributed by atoms with E-state index in [0.717, 1.165) is 23.3 Å². The van der Waals surface area contributed by atoms with E-state index in [1.807, 2.05) is 0 Å². The van der Waals surface area contributed by atoms with E-state index in [-0.39, 0.29) is 0 Å². The number of thioether (sulfide) groups is 1. The Labute approximate surface area is 110 Å². The van der Waals surface area contributed by atoms with Crippen molar-refractivity contribution in [1.82, 2.24) is 10.2 Å². The molecule has 3 heteroatoms. The van der Waals surface area contributed by atoms with Crippen molar-refractivity contribution in [2.75, 3.05) is 25.4 Å². The topological polar surface area (TPSA) is 15.3 Å². The van der Waals surface area contributed by atoms with Crippen LogP contribution in [0.25, 0.3) is 0 Å². The van der Waals surface area contributed by atoms with Crippen LogP contribution in [0.1, 0.15) is 39.0 Å². The first kappa shape index (κ1) is 12.3. The molecule has 0 amide bonds. The van der Waals surface area contributed by atoms with Gasteiger partial charge in [-0.1, -0.05) is 6.92 Å². The summed E-state index contributed by atoms with van der Waals surface area (Å²) >= 11 is 2.18. The van der Waals surface area contributed by atoms with Gasteiger partial charge in [-0.2, -0.15) is 11.8 Å². The molecular formula is C14H26N2S. The maximum Gasteiger partial charge on any atom is 0.0222 e. The molecule has 2 nitrogen and oxygen atoms in total. The maximum absolute atomic E-state index is 3.57. The Kier molecular flexibility index (Phi) is 3.98. The molecule has 2 heterocycles. The van der Waals surface area contributed by atoms with E-state index in [4.69, 9.17) is 0 Å². The highest BCUT2D eigenvalue weighted by Crippen LogP contribution is 2.38. The Balaban J connectivity index is 1.59. The lowest BCUT2D eigenvalue weighted by molar-refractivity contribution is 0.145. The van der Waals surface area contributed by atoms with Crippen molar-refractivity contribution in [3.05, 3.63) is 0 Å². The summed E-state index contributed by atoms with van der Waals surface area (Å²) in [4.78, 5) is 2.89. The van der Waals surface area contributed by atoms with E-state index in [1.165, 1.54) is 57.5 Å². The Morgan fingerprint density at radius 1 is 1.24 bits per heavy atom. The number of hydrogen-bond acceptors (Lipinski definition) is 3. The lowest BCUT2D eigenvalue weighted by Gasteiger charge is -2.35. The van der Waals surface area contributed by atoms with Crippen molar-refractivity contribution in [3.63, 3.8) is 0 Å². The van der Waals surface area contributed by atoms with E-state index in [2.05, 4.69) is 28.9 Å². The highest BCUT2D eigenvalue weighted by Gasteiger charge is 2.39. The summed E-state index contributed by atoms with van der Waals surface area (Å²) in [6.07, 6.45) is 7.20. The summed E-state index contributed by atoms with van der Waals surface area (Å²) in [6.45, 7) is 6.32. The van der Waals surface area contributed by atoms with Gasteiger partial charge in [0.15, 0.2) is 0 Å². The van der Waals surface area contributed by atoms with E-state index in [0.29, 0.717) is 0 Å². The van der Waals surface area contributed by atoms with Crippen LogP contribution >= 0.6 is 11.8 Å². The first-order chi connectivity index (χ1) is 8.34. The van der Waals surface area contributed by atoms with Gasteiger partial charge in [0, 0.05) is 23.9 Å². The van der Waals surface area contributed by atoms with Gasteiger partial charge in [-0.05, 0) is 56.9 Å². The monoisotopic (exact) mass is 254 g/mol. The molecule has 2 aliphatic heterocycles. The van der Waals surface area contributed by atoms with Crippen molar-refractivity contribution in [3.8, 4) is 0 Å². The Bertz CT molecular complexity index is 249. The zero-order valence-corrected chi connectivity index (χ0v) is 11.8. The van der Waals surface area contributed by atoms with Gasteiger partial charge < -0.3 is 5.32 Å². The van der Waals surface area contributed by atoms with E-state index in [1.54, 1.807) is 0 Å². The molecule has 3 unspecified atom stereocenters. The molecule has 1 aliphatic carbocycles. The van der Waals surface area contributed by atoms with Gasteiger partial charge in [0.25, 0.3) is 0 Å². The fourth-order valence-electron chi connectivity index (χ4n) is 3.50. The predicted molar refractivity (Wildman–Crippen MR) is 75.6 cm³/mol. The highest BCUT2D eigenvalue weighted by molar-refractivity contribution is 8.00. The van der Waals surface area contributed by atoms with Crippen LogP contribution in [0, 0.1) is 5.92 Å². The van der Waals surface area contributed by atoms with Crippen molar-refractivity contribution in [2.24, 2.45) is 5.92 Å². The quantitative estimate of drug-likeness (QED) is 0.829. The lowest BCUT2D eigenvalue weighted by atomic mass is 9.97. The van der Waals surface area contributed by atoms with Crippen LogP contribution in [0.3, 0.4) is 0 Å². The maximum atomic E-state index is 3.57. The van der Waals surface area contributed by atoms with Crippen LogP contribution in [0.5, 0.6) is 0 Å². The zero-order chi connectivity index (χ0) is 11.7. The fourth-order valence-corrected chi connectivity index (χ4v) is 4.76. The lowest BCUT2D eigenvalue weighted by Crippen LogP contribution is -2.46. The minimum Gasteiger partial charge on any atom is -0.316 e. The van der Waals surface area contributed by atoms with Crippen LogP contribution < -0.4 is 5.32 Å². The smallest absolute Gasteiger partial charge is 0.0222 e. The molecule has 3 atom stereocenters. The van der Waals surface area contributed by atoms with E-state index < -0.39 is 0 Å². The second-order valence-electron chi connectivity index (χ2n) is 6.07. The molecule has 0 aromatic heterocycles. The van der Waals surface area contributed by atoms with E-state index in [9.17, 15) is 0 Å². The molecule has 0 radical (unpaired) electrons. The third-order valence-corrected chi connectivity index (χ3v) is 5.96. The third kappa shape index (κ3) is 2.99. The largest absolute Gasteiger partial charge is 0.316 e. The number of nitrogens with zero attached hydrogens (tertiary/aromatic N) is 1. The molecule has 98 valence electrons. The first-order valence-electron chi connectivity index (χ1n) is 7.42. The number of piperidine rings is 1. The van der Waals surface area contributed by atoms with Crippen LogP contribution in [0.2, 0.25) is 0 Å². The summed E-state index contributed by atoms with van der Waals surface area (Å²) in [6, 6.07) is 1.83. The van der Waals surface area contributed by atoms with Gasteiger partial charge in [-0.15, -0.1) is 0 Å². The van der Waals surface area contributed by atoms with Crippen LogP contribution in [0.4, 0.5) is 0 Å². The van der Waals surface area contributed by atoms with Gasteiger partial charge in [-0.25, -0.2) is 0 Å². The number of nitrogens with one attached hydrogen (secondary N) is 1. The molecule has 0 aromatic rings. The van der Waals surface area contributed by atoms with Crippen molar-refractivity contribution in [1.29, 1.82) is 0 Å². The summed E-state index contributed by atoms with van der Waals surface area (Å²) in [7, 11) is 0. The Hall–Kier alpha value is 0.270. The zero-order valence-electron chi connectivity index (χ0n) is 11.0. The van der Waals surface area contributed by atoms with E-state index >= 15 is 0 Å². The summed E-state index contributed by atoms with van der Waals surface area (Å²) in [5.74, 6) is 2.31. The molecule has 0 spiro atoms. The first-order valence-corrected chi connectivity index (χ1v) is 8.47. The van der Waals surface area contributed by atoms with Crippen molar-refractivity contribution >= 4 is 11.8 Å².